The Labute approximate surface area is 902 Å². The van der Waals surface area contributed by atoms with Gasteiger partial charge < -0.3 is 55.6 Å². The molecule has 0 aromatic heterocycles. The van der Waals surface area contributed by atoms with E-state index in [4.69, 9.17) is 62.0 Å². The first-order chi connectivity index (χ1) is 67.5. The maximum absolute atomic E-state index is 10.5. The molecule has 0 radical (unpaired) electrons. The number of benzene rings is 7. The molecular formula is C133H210O13Si. The summed E-state index contributed by atoms with van der Waals surface area (Å²) in [6.07, 6.45) is 24.2. The van der Waals surface area contributed by atoms with Gasteiger partial charge in [-0.15, -0.1) is 18.9 Å². The van der Waals surface area contributed by atoms with Gasteiger partial charge in [0.05, 0.1) is 45.2 Å². The van der Waals surface area contributed by atoms with Gasteiger partial charge in [0.15, 0.2) is 0 Å². The highest BCUT2D eigenvalue weighted by Gasteiger charge is 2.43. The molecule has 4 heterocycles. The van der Waals surface area contributed by atoms with Crippen molar-refractivity contribution in [2.45, 2.75) is 356 Å². The number of carbonyl (C=O) groups is 1. The van der Waals surface area contributed by atoms with Crippen LogP contribution in [0.4, 0.5) is 0 Å². The van der Waals surface area contributed by atoms with Gasteiger partial charge in [-0.05, 0) is 233 Å². The van der Waals surface area contributed by atoms with Crippen LogP contribution in [-0.2, 0) is 98.6 Å². The molecule has 4 saturated heterocycles. The van der Waals surface area contributed by atoms with Crippen molar-refractivity contribution in [3.05, 3.63) is 282 Å². The summed E-state index contributed by atoms with van der Waals surface area (Å²) in [6.45, 7) is 116. The average Bonchev–Trinajstić information content (AvgIpc) is 0.885. The third-order valence-corrected chi connectivity index (χ3v) is 26.0. The fourth-order valence-electron chi connectivity index (χ4n) is 13.0. The SMILES string of the molecule is C#CC(C)(C)C.C=CC(=O)OCC(C)(C)C.C=CC(C)(C)C.C=Cc1ccc(C(C)(C)C)cc1.C=Cc1ccc(COCC(C)(C)C)cc1.C=Cc1ccc(OCc2ccc(C(C)(C)C)cc2)cc1.C=Cc1ccc(Oc2ccc(C(C)(C)C)cc2)cc1.CC(C)(C)C1CCCO1.CC(C)(C)C1CCO1.CC(C)(C)C1CCOC1.CC(C)(C)C1COC1.CC(C)(C)c1ccc2c(c1)CC2.CO[Si](OC)(OC)OCC(C)(C)C. The molecule has 5 aliphatic rings. The number of hydrogen-bond donors (Lipinski definition) is 0. The Bertz CT molecular complexity index is 4760. The molecule has 147 heavy (non-hydrogen) atoms. The van der Waals surface area contributed by atoms with E-state index in [0.29, 0.717) is 71.1 Å². The van der Waals surface area contributed by atoms with Gasteiger partial charge >= 0.3 is 15.0 Å². The summed E-state index contributed by atoms with van der Waals surface area (Å²) in [6, 6.07) is 56.5. The van der Waals surface area contributed by atoms with Gasteiger partial charge in [0, 0.05) is 71.8 Å². The number of aryl methyl sites for hydroxylation is 2. The molecule has 13 nitrogen and oxygen atoms in total. The predicted octanol–water partition coefficient (Wildman–Crippen LogP) is 36.1. The van der Waals surface area contributed by atoms with Crippen LogP contribution >= 0.6 is 0 Å². The van der Waals surface area contributed by atoms with Crippen LogP contribution in [0.3, 0.4) is 0 Å². The average molecular weight is 2050 g/mol. The van der Waals surface area contributed by atoms with Crippen LogP contribution in [0.1, 0.15) is 362 Å². The zero-order chi connectivity index (χ0) is 113. The number of ether oxygens (including phenoxy) is 8. The number of carbonyl (C=O) groups excluding carboxylic acids is 1. The second-order valence-corrected chi connectivity index (χ2v) is 55.2. The molecule has 3 unspecified atom stereocenters. The molecule has 14 heteroatoms. The topological polar surface area (TPSA) is 128 Å². The summed E-state index contributed by atoms with van der Waals surface area (Å²) in [5.74, 6) is 6.44. The van der Waals surface area contributed by atoms with E-state index in [1.165, 1.54) is 105 Å². The standard InChI is InChI=1S/C19H22O.C18H20O.C14H20O.2C12H16.C8H20O4Si.C8H14O2.2C8H16O.2C7H14O.C6H12.C6H10/c1-5-15-8-12-18(13-9-15)20-14-16-6-10-17(11-7-16)19(2,3)4;1-5-14-6-10-16(11-7-14)19-17-12-8-15(9-13-17)18(2,3)4;1-5-12-6-8-13(9-7-12)10-15-11-14(2,3)4;1-12(2,3)11-7-6-9-4-5-10(9)8-11;1-5-10-6-8-11(9-7-10)12(2,3)4;1-8(2,3)7-12-13(9-4,10-5)11-6;1-5-7(9)10-6-8(2,3)4;1-8(2,3)7-4-5-9-6-7;1-8(2,3)7-5-4-6-9-7;1-7(2,3)6-4-8-5-6;1-7(2,3)6-4-5-8-6;2*1-5-6(2,3)4/h5-13H,1,14H2,2-4H3;5-13H,1H2,2-4H3;5-9H,1,10-11H2,2-4H3;6-8H,4-5H2,1-3H3;5-9H,1H2,2-4H3;7H2,1-6H3;5H,1,6H2,2-4H3;2*7H,4-6H2,1-3H3;2*6H,4-5H2,1-3H3;5H,1H2,2-4H3;1H,2-4H3. The first-order valence-electron chi connectivity index (χ1n) is 53.2. The zero-order valence-corrected chi connectivity index (χ0v) is 102. The Balaban J connectivity index is 0.00000159. The fourth-order valence-corrected chi connectivity index (χ4v) is 14.5. The third-order valence-electron chi connectivity index (χ3n) is 24.1. The summed E-state index contributed by atoms with van der Waals surface area (Å²) >= 11 is 0. The minimum absolute atomic E-state index is 0.0403. The van der Waals surface area contributed by atoms with Crippen LogP contribution in [0.2, 0.25) is 0 Å². The highest BCUT2D eigenvalue weighted by molar-refractivity contribution is 6.53. The maximum Gasteiger partial charge on any atom is 0.678 e. The molecule has 12 rings (SSSR count). The lowest BCUT2D eigenvalue weighted by Gasteiger charge is -2.37. The van der Waals surface area contributed by atoms with Crippen molar-refractivity contribution in [3.8, 4) is 29.6 Å². The van der Waals surface area contributed by atoms with E-state index in [-0.39, 0.29) is 43.9 Å². The highest BCUT2D eigenvalue weighted by atomic mass is 28.4. The Morgan fingerprint density at radius 2 is 0.714 bits per heavy atom. The Kier molecular flexibility index (Phi) is 61.2. The first-order valence-corrected chi connectivity index (χ1v) is 54.8. The van der Waals surface area contributed by atoms with Gasteiger partial charge in [0.25, 0.3) is 0 Å². The van der Waals surface area contributed by atoms with E-state index in [2.05, 4.69) is 377 Å². The van der Waals surface area contributed by atoms with Crippen LogP contribution in [0.25, 0.3) is 24.3 Å². The van der Waals surface area contributed by atoms with Crippen molar-refractivity contribution in [2.75, 3.05) is 80.8 Å². The first kappa shape index (κ1) is 138. The second kappa shape index (κ2) is 65.0. The van der Waals surface area contributed by atoms with E-state index in [1.807, 2.05) is 133 Å². The number of esters is 1. The van der Waals surface area contributed by atoms with E-state index in [9.17, 15) is 4.79 Å². The number of terminal acetylenes is 1. The molecule has 0 N–H and O–H groups in total. The molecule has 3 atom stereocenters. The molecule has 4 aliphatic heterocycles. The molecule has 0 saturated carbocycles. The Hall–Kier alpha value is -8.53. The van der Waals surface area contributed by atoms with Crippen LogP contribution in [-0.4, -0.2) is 108 Å². The van der Waals surface area contributed by atoms with Crippen LogP contribution in [0.15, 0.2) is 215 Å². The molecule has 7 aromatic rings. The quantitative estimate of drug-likeness (QED) is 0.0251. The van der Waals surface area contributed by atoms with Crippen molar-refractivity contribution >= 4 is 39.3 Å². The van der Waals surface area contributed by atoms with Gasteiger partial charge in [-0.25, -0.2) is 4.79 Å². The highest BCUT2D eigenvalue weighted by Crippen LogP contribution is 2.37. The summed E-state index contributed by atoms with van der Waals surface area (Å²) in [5.41, 5.74) is 18.9. The van der Waals surface area contributed by atoms with Crippen molar-refractivity contribution in [2.24, 2.45) is 60.6 Å². The molecule has 0 spiro atoms. The monoisotopic (exact) mass is 2040 g/mol. The lowest BCUT2D eigenvalue weighted by Crippen LogP contribution is -2.48. The number of rotatable bonds is 19. The van der Waals surface area contributed by atoms with Gasteiger partial charge in [0.1, 0.15) is 23.9 Å². The minimum atomic E-state index is -2.83. The van der Waals surface area contributed by atoms with Crippen LogP contribution in [0, 0.1) is 72.9 Å². The van der Waals surface area contributed by atoms with Gasteiger partial charge in [-0.1, -0.05) is 440 Å². The molecule has 4 fully saturated rings. The van der Waals surface area contributed by atoms with Gasteiger partial charge in [-0.3, -0.25) is 0 Å². The van der Waals surface area contributed by atoms with Crippen molar-refractivity contribution in [1.29, 1.82) is 0 Å². The van der Waals surface area contributed by atoms with Crippen molar-refractivity contribution < 1.29 is 60.4 Å². The summed E-state index contributed by atoms with van der Waals surface area (Å²) < 4.78 is 64.0. The molecule has 0 bridgehead atoms. The summed E-state index contributed by atoms with van der Waals surface area (Å²) in [7, 11) is 1.76. The molecule has 0 amide bonds. The van der Waals surface area contributed by atoms with E-state index in [0.717, 1.165) is 92.0 Å². The van der Waals surface area contributed by atoms with E-state index >= 15 is 0 Å². The molecule has 824 valence electrons. The van der Waals surface area contributed by atoms with Gasteiger partial charge in [0.2, 0.25) is 0 Å². The van der Waals surface area contributed by atoms with Crippen LogP contribution < -0.4 is 9.47 Å². The van der Waals surface area contributed by atoms with E-state index in [1.54, 1.807) is 11.1 Å². The van der Waals surface area contributed by atoms with Gasteiger partial charge in [-0.2, -0.15) is 0 Å². The predicted molar refractivity (Wildman–Crippen MR) is 636 cm³/mol. The van der Waals surface area contributed by atoms with Crippen molar-refractivity contribution in [1.82, 2.24) is 0 Å². The number of fused-ring (bicyclic) bond motifs is 1. The van der Waals surface area contributed by atoms with E-state index < -0.39 is 9.05 Å². The van der Waals surface area contributed by atoms with Crippen LogP contribution in [0.5, 0.6) is 17.2 Å². The normalized spacial score (nSPS) is 15.5. The molecular weight excluding hydrogens is 1830 g/mol. The third kappa shape index (κ3) is 64.7. The number of hydrogen-bond acceptors (Lipinski definition) is 13. The number of allylic oxidation sites excluding steroid dienone is 1. The molecule has 7 aromatic carbocycles. The smallest absolute Gasteiger partial charge is 0.489 e. The Morgan fingerprint density at radius 3 is 0.973 bits per heavy atom. The largest absolute Gasteiger partial charge is 0.678 e. The maximum atomic E-state index is 10.5. The van der Waals surface area contributed by atoms with Crippen molar-refractivity contribution in [3.63, 3.8) is 0 Å². The lowest BCUT2D eigenvalue weighted by atomic mass is 9.80. The minimum Gasteiger partial charge on any atom is -0.489 e. The zero-order valence-electron chi connectivity index (χ0n) is 101. The molecule has 1 aliphatic carbocycles. The fraction of sp³-hybridized carbons (Fsp3) is 0.571. The summed E-state index contributed by atoms with van der Waals surface area (Å²) in [5, 5.41) is 0. The second-order valence-electron chi connectivity index (χ2n) is 52.7. The summed E-state index contributed by atoms with van der Waals surface area (Å²) in [4.78, 5) is 10.5. The lowest BCUT2D eigenvalue weighted by molar-refractivity contribution is -0.140. The Morgan fingerprint density at radius 1 is 0.381 bits per heavy atom.